The molecule has 0 fully saturated rings. The predicted molar refractivity (Wildman–Crippen MR) is 89.3 cm³/mol. The van der Waals surface area contributed by atoms with E-state index in [1.807, 2.05) is 35.9 Å². The van der Waals surface area contributed by atoms with E-state index in [0.717, 1.165) is 31.3 Å². The van der Waals surface area contributed by atoms with Crippen molar-refractivity contribution < 1.29 is 4.79 Å². The molecule has 2 N–H and O–H groups in total. The van der Waals surface area contributed by atoms with Gasteiger partial charge >= 0.3 is 0 Å². The Morgan fingerprint density at radius 1 is 1.36 bits per heavy atom. The van der Waals surface area contributed by atoms with Crippen molar-refractivity contribution in [3.8, 4) is 0 Å². The van der Waals surface area contributed by atoms with Crippen LogP contribution in [0.4, 0.5) is 0 Å². The quantitative estimate of drug-likeness (QED) is 0.686. The highest BCUT2D eigenvalue weighted by molar-refractivity contribution is 8.03. The van der Waals surface area contributed by atoms with E-state index in [-0.39, 0.29) is 11.7 Å². The Balaban J connectivity index is 1.64. The maximum atomic E-state index is 10.7. The molecule has 6 nitrogen and oxygen atoms in total. The van der Waals surface area contributed by atoms with Crippen LogP contribution in [0.5, 0.6) is 0 Å². The van der Waals surface area contributed by atoms with Crippen molar-refractivity contribution in [3.05, 3.63) is 35.8 Å². The fourth-order valence-corrected chi connectivity index (χ4v) is 4.50. The Hall–Kier alpha value is -1.58. The van der Waals surface area contributed by atoms with Gasteiger partial charge in [-0.3, -0.25) is 4.79 Å². The summed E-state index contributed by atoms with van der Waals surface area (Å²) in [6.07, 6.45) is 4.02. The standard InChI is InChI=1S/C13H13N5OS3/c1-8-3-2-4-18-5-9(15-11(8)18)6-20-12-16-17-13(22-12)21-7-10(14)19/h2-5H,6-7H2,1H3,(H2,14,19). The van der Waals surface area contributed by atoms with Gasteiger partial charge in [0, 0.05) is 18.1 Å². The highest BCUT2D eigenvalue weighted by Crippen LogP contribution is 2.30. The van der Waals surface area contributed by atoms with Gasteiger partial charge in [0.05, 0.1) is 11.4 Å². The zero-order valence-electron chi connectivity index (χ0n) is 11.7. The van der Waals surface area contributed by atoms with E-state index in [4.69, 9.17) is 5.73 Å². The number of rotatable bonds is 6. The van der Waals surface area contributed by atoms with E-state index in [9.17, 15) is 4.79 Å². The average molecular weight is 351 g/mol. The molecule has 0 aliphatic heterocycles. The molecule has 0 saturated heterocycles. The van der Waals surface area contributed by atoms with Crippen molar-refractivity contribution in [1.29, 1.82) is 0 Å². The molecule has 114 valence electrons. The lowest BCUT2D eigenvalue weighted by atomic mass is 10.3. The fraction of sp³-hybridized carbons (Fsp3) is 0.231. The van der Waals surface area contributed by atoms with E-state index >= 15 is 0 Å². The first-order valence-corrected chi connectivity index (χ1v) is 9.21. The van der Waals surface area contributed by atoms with Gasteiger partial charge in [-0.1, -0.05) is 40.9 Å². The molecule has 0 saturated carbocycles. The molecule has 0 aliphatic rings. The van der Waals surface area contributed by atoms with Gasteiger partial charge in [-0.2, -0.15) is 0 Å². The van der Waals surface area contributed by atoms with E-state index < -0.39 is 0 Å². The van der Waals surface area contributed by atoms with Crippen molar-refractivity contribution in [1.82, 2.24) is 19.6 Å². The van der Waals surface area contributed by atoms with Gasteiger partial charge in [-0.05, 0) is 18.6 Å². The van der Waals surface area contributed by atoms with Crippen LogP contribution < -0.4 is 5.73 Å². The van der Waals surface area contributed by atoms with Crippen molar-refractivity contribution in [3.63, 3.8) is 0 Å². The van der Waals surface area contributed by atoms with Crippen LogP contribution in [0.2, 0.25) is 0 Å². The molecule has 0 bridgehead atoms. The van der Waals surface area contributed by atoms with Gasteiger partial charge in [0.2, 0.25) is 5.91 Å². The number of thioether (sulfide) groups is 2. The summed E-state index contributed by atoms with van der Waals surface area (Å²) in [4.78, 5) is 15.4. The number of carbonyl (C=O) groups excluding carboxylic acids is 1. The van der Waals surface area contributed by atoms with Gasteiger partial charge in [-0.15, -0.1) is 10.2 Å². The molecule has 3 heterocycles. The molecule has 0 aromatic carbocycles. The SMILES string of the molecule is Cc1cccn2cc(CSc3nnc(SCC(N)=O)s3)nc12. The molecule has 1 amide bonds. The minimum Gasteiger partial charge on any atom is -0.369 e. The summed E-state index contributed by atoms with van der Waals surface area (Å²) < 4.78 is 3.65. The molecule has 0 spiro atoms. The number of nitrogens with two attached hydrogens (primary N) is 1. The van der Waals surface area contributed by atoms with Crippen LogP contribution in [0.25, 0.3) is 5.65 Å². The van der Waals surface area contributed by atoms with Crippen molar-refractivity contribution in [2.45, 2.75) is 21.4 Å². The van der Waals surface area contributed by atoms with Gasteiger partial charge in [-0.25, -0.2) is 4.98 Å². The highest BCUT2D eigenvalue weighted by atomic mass is 32.2. The molecule has 0 atom stereocenters. The third-order valence-electron chi connectivity index (χ3n) is 2.80. The second-order valence-corrected chi connectivity index (χ2v) is 7.95. The monoisotopic (exact) mass is 351 g/mol. The Kier molecular flexibility index (Phi) is 4.65. The summed E-state index contributed by atoms with van der Waals surface area (Å²) in [5.41, 5.74) is 8.24. The summed E-state index contributed by atoms with van der Waals surface area (Å²) in [5, 5.41) is 8.14. The summed E-state index contributed by atoms with van der Waals surface area (Å²) in [7, 11) is 0. The van der Waals surface area contributed by atoms with Crippen LogP contribution in [0, 0.1) is 6.92 Å². The maximum Gasteiger partial charge on any atom is 0.227 e. The second kappa shape index (κ2) is 6.67. The molecule has 0 aliphatic carbocycles. The molecular weight excluding hydrogens is 338 g/mol. The molecule has 22 heavy (non-hydrogen) atoms. The number of aryl methyl sites for hydroxylation is 1. The smallest absolute Gasteiger partial charge is 0.227 e. The summed E-state index contributed by atoms with van der Waals surface area (Å²) in [6, 6.07) is 4.06. The Bertz CT molecular complexity index is 813. The minimum atomic E-state index is -0.352. The second-order valence-electron chi connectivity index (χ2n) is 4.53. The van der Waals surface area contributed by atoms with Crippen LogP contribution in [0.1, 0.15) is 11.3 Å². The molecule has 3 rings (SSSR count). The predicted octanol–water partition coefficient (Wildman–Crippen LogP) is 2.36. The van der Waals surface area contributed by atoms with Crippen LogP contribution >= 0.6 is 34.9 Å². The van der Waals surface area contributed by atoms with Crippen LogP contribution in [-0.2, 0) is 10.5 Å². The first-order valence-electron chi connectivity index (χ1n) is 6.42. The van der Waals surface area contributed by atoms with Crippen molar-refractivity contribution in [2.75, 3.05) is 5.75 Å². The highest BCUT2D eigenvalue weighted by Gasteiger charge is 2.09. The first-order chi connectivity index (χ1) is 10.6. The maximum absolute atomic E-state index is 10.7. The molecule has 3 aromatic rings. The Morgan fingerprint density at radius 2 is 2.14 bits per heavy atom. The van der Waals surface area contributed by atoms with Crippen LogP contribution in [-0.4, -0.2) is 31.2 Å². The number of carbonyl (C=O) groups is 1. The summed E-state index contributed by atoms with van der Waals surface area (Å²) in [5.74, 6) is 0.607. The molecule has 3 aromatic heterocycles. The number of hydrogen-bond donors (Lipinski definition) is 1. The lowest BCUT2D eigenvalue weighted by Crippen LogP contribution is -2.12. The van der Waals surface area contributed by atoms with Crippen molar-refractivity contribution in [2.24, 2.45) is 5.73 Å². The van der Waals surface area contributed by atoms with E-state index in [1.165, 1.54) is 23.1 Å². The Morgan fingerprint density at radius 3 is 2.86 bits per heavy atom. The number of primary amides is 1. The third-order valence-corrected chi connectivity index (χ3v) is 6.04. The number of aromatic nitrogens is 4. The molecular formula is C13H13N5OS3. The average Bonchev–Trinajstić information content (AvgIpc) is 3.10. The van der Waals surface area contributed by atoms with Gasteiger partial charge in [0.15, 0.2) is 8.68 Å². The third kappa shape index (κ3) is 3.60. The fourth-order valence-electron chi connectivity index (χ4n) is 1.86. The number of fused-ring (bicyclic) bond motifs is 1. The minimum absolute atomic E-state index is 0.227. The number of imidazole rings is 1. The number of pyridine rings is 1. The summed E-state index contributed by atoms with van der Waals surface area (Å²) in [6.45, 7) is 2.05. The van der Waals surface area contributed by atoms with E-state index in [2.05, 4.69) is 15.2 Å². The Labute approximate surface area is 139 Å². The first kappa shape index (κ1) is 15.3. The van der Waals surface area contributed by atoms with Gasteiger partial charge in [0.25, 0.3) is 0 Å². The topological polar surface area (TPSA) is 86.2 Å². The largest absolute Gasteiger partial charge is 0.369 e. The van der Waals surface area contributed by atoms with Crippen LogP contribution in [0.15, 0.2) is 33.2 Å². The zero-order valence-corrected chi connectivity index (χ0v) is 14.2. The number of hydrogen-bond acceptors (Lipinski definition) is 7. The molecule has 9 heteroatoms. The van der Waals surface area contributed by atoms with Gasteiger partial charge in [0.1, 0.15) is 5.65 Å². The molecule has 0 radical (unpaired) electrons. The summed E-state index contributed by atoms with van der Waals surface area (Å²) >= 11 is 4.37. The molecule has 0 unspecified atom stereocenters. The lowest BCUT2D eigenvalue weighted by Gasteiger charge is -1.94. The van der Waals surface area contributed by atoms with Gasteiger partial charge < -0.3 is 10.1 Å². The van der Waals surface area contributed by atoms with E-state index in [0.29, 0.717) is 0 Å². The number of nitrogens with zero attached hydrogens (tertiary/aromatic N) is 4. The number of amides is 1. The van der Waals surface area contributed by atoms with Crippen LogP contribution in [0.3, 0.4) is 0 Å². The zero-order chi connectivity index (χ0) is 15.5. The van der Waals surface area contributed by atoms with Crippen molar-refractivity contribution >= 4 is 46.4 Å². The van der Waals surface area contributed by atoms with E-state index in [1.54, 1.807) is 11.8 Å². The normalized spacial score (nSPS) is 11.1. The lowest BCUT2D eigenvalue weighted by molar-refractivity contribution is -0.115.